The molecule has 9 aromatic carbocycles. The number of nitrogens with zero attached hydrogens (tertiary/aromatic N) is 3. The van der Waals surface area contributed by atoms with Gasteiger partial charge >= 0.3 is 6.01 Å². The lowest BCUT2D eigenvalue weighted by Crippen LogP contribution is -2.38. The zero-order valence-corrected chi connectivity index (χ0v) is 45.5. The van der Waals surface area contributed by atoms with E-state index in [0.29, 0.717) is 0 Å². The molecule has 0 atom stereocenters. The summed E-state index contributed by atoms with van der Waals surface area (Å²) < 4.78 is 4.39. The summed E-state index contributed by atoms with van der Waals surface area (Å²) in [5, 5.41) is 0. The summed E-state index contributed by atoms with van der Waals surface area (Å²) in [6.45, 7) is 17.8. The van der Waals surface area contributed by atoms with Gasteiger partial charge < -0.3 is 0 Å². The Morgan fingerprint density at radius 2 is 0.740 bits per heavy atom. The fraction of sp³-hybridized carbons (Fsp3) is 0.162. The molecule has 370 valence electrons. The molecule has 3 aliphatic carbocycles. The van der Waals surface area contributed by atoms with Gasteiger partial charge in [-0.2, -0.15) is 0 Å². The molecule has 0 amide bonds. The van der Waals surface area contributed by atoms with Crippen molar-refractivity contribution in [3.8, 4) is 44.5 Å². The van der Waals surface area contributed by atoms with Crippen LogP contribution in [0.1, 0.15) is 106 Å². The summed E-state index contributed by atoms with van der Waals surface area (Å²) in [6, 6.07) is 76.9. The van der Waals surface area contributed by atoms with Crippen LogP contribution in [-0.2, 0) is 16.4 Å². The highest BCUT2D eigenvalue weighted by molar-refractivity contribution is 5.90. The van der Waals surface area contributed by atoms with Gasteiger partial charge in [-0.05, 0) is 168 Å². The van der Waals surface area contributed by atoms with Crippen molar-refractivity contribution in [3.05, 3.63) is 312 Å². The zero-order valence-electron chi connectivity index (χ0n) is 45.5. The molecule has 2 heterocycles. The molecule has 0 N–H and O–H groups in total. The zero-order chi connectivity index (χ0) is 52.7. The summed E-state index contributed by atoms with van der Waals surface area (Å²) in [5.74, 6) is 0. The fourth-order valence-electron chi connectivity index (χ4n) is 14.5. The van der Waals surface area contributed by atoms with Crippen LogP contribution in [0.4, 0.5) is 0 Å². The van der Waals surface area contributed by atoms with Gasteiger partial charge in [-0.3, -0.25) is 4.98 Å². The summed E-state index contributed by atoms with van der Waals surface area (Å²) in [4.78, 5) is 5.53. The lowest BCUT2D eigenvalue weighted by molar-refractivity contribution is -0.533. The monoisotopic (exact) mass is 991 g/mol. The molecule has 3 heteroatoms. The molecule has 1 aliphatic heterocycles. The molecule has 10 aromatic rings. The Hall–Kier alpha value is -8.75. The van der Waals surface area contributed by atoms with Gasteiger partial charge in [-0.1, -0.05) is 212 Å². The van der Waals surface area contributed by atoms with Crippen LogP contribution in [0.5, 0.6) is 0 Å². The Labute approximate surface area is 453 Å². The van der Waals surface area contributed by atoms with Crippen LogP contribution < -0.4 is 0 Å². The first-order valence-electron chi connectivity index (χ1n) is 27.2. The predicted octanol–water partition coefficient (Wildman–Crippen LogP) is 16.5. The van der Waals surface area contributed by atoms with E-state index in [0.717, 1.165) is 5.69 Å². The van der Waals surface area contributed by atoms with E-state index in [1.165, 1.54) is 145 Å². The van der Waals surface area contributed by atoms with Gasteiger partial charge in [0.05, 0.1) is 16.5 Å². The number of fused-ring (bicyclic) bond motifs is 9. The first kappa shape index (κ1) is 46.8. The highest BCUT2D eigenvalue weighted by Crippen LogP contribution is 2.61. The second-order valence-corrected chi connectivity index (χ2v) is 22.7. The molecular weight excluding hydrogens is 931 g/mol. The molecule has 0 unspecified atom stereocenters. The van der Waals surface area contributed by atoms with Crippen LogP contribution in [0.2, 0.25) is 0 Å². The molecule has 3 nitrogen and oxygen atoms in total. The Morgan fingerprint density at radius 3 is 1.18 bits per heavy atom. The van der Waals surface area contributed by atoms with Crippen LogP contribution in [0.25, 0.3) is 44.5 Å². The van der Waals surface area contributed by atoms with Crippen molar-refractivity contribution in [3.63, 3.8) is 0 Å². The van der Waals surface area contributed by atoms with E-state index < -0.39 is 16.4 Å². The number of aromatic nitrogens is 1. The van der Waals surface area contributed by atoms with Crippen LogP contribution in [0.15, 0.2) is 207 Å². The highest BCUT2D eigenvalue weighted by Gasteiger charge is 2.57. The Balaban J connectivity index is 1.10. The molecule has 0 saturated carbocycles. The molecule has 0 radical (unpaired) electrons. The Kier molecular flexibility index (Phi) is 10.2. The summed E-state index contributed by atoms with van der Waals surface area (Å²) in [7, 11) is 2.08. The number of benzene rings is 9. The van der Waals surface area contributed by atoms with Crippen molar-refractivity contribution in [1.29, 1.82) is 0 Å². The molecule has 0 fully saturated rings. The second-order valence-electron chi connectivity index (χ2n) is 22.7. The molecule has 0 bridgehead atoms. The molecule has 0 saturated heterocycles. The highest BCUT2D eigenvalue weighted by atomic mass is 15.2. The molecule has 0 spiro atoms. The number of hydrogen-bond donors (Lipinski definition) is 0. The van der Waals surface area contributed by atoms with Gasteiger partial charge in [0.1, 0.15) is 0 Å². The molecule has 1 aromatic heterocycles. The summed E-state index contributed by atoms with van der Waals surface area (Å²) >= 11 is 0. The van der Waals surface area contributed by atoms with E-state index in [1.54, 1.807) is 0 Å². The maximum Gasteiger partial charge on any atom is 0.490 e. The number of hydrogen-bond acceptors (Lipinski definition) is 1. The third-order valence-corrected chi connectivity index (χ3v) is 17.7. The average molecular weight is 992 g/mol. The minimum absolute atomic E-state index is 0.721. The van der Waals surface area contributed by atoms with Crippen molar-refractivity contribution in [2.45, 2.75) is 71.8 Å². The number of aryl methyl sites for hydroxylation is 8. The first-order valence-corrected chi connectivity index (χ1v) is 27.2. The van der Waals surface area contributed by atoms with Crippen LogP contribution in [0, 0.1) is 55.4 Å². The van der Waals surface area contributed by atoms with Crippen LogP contribution >= 0.6 is 0 Å². The quantitative estimate of drug-likeness (QED) is 0.146. The predicted molar refractivity (Wildman–Crippen MR) is 315 cm³/mol. The lowest BCUT2D eigenvalue weighted by Gasteiger charge is -2.38. The van der Waals surface area contributed by atoms with Gasteiger partial charge in [-0.15, -0.1) is 0 Å². The van der Waals surface area contributed by atoms with Crippen molar-refractivity contribution < 1.29 is 9.15 Å². The van der Waals surface area contributed by atoms with Gasteiger partial charge in [0.25, 0.3) is 5.54 Å². The van der Waals surface area contributed by atoms with Gasteiger partial charge in [0, 0.05) is 22.9 Å². The smallest absolute Gasteiger partial charge is 0.260 e. The standard InChI is InChI=1S/C74H61N3/c1-45-19-25-64-58(35-45)59-36-46(2)20-26-65(59)72(64,55-16-12-18-57(43-55)74(77-34-33-76(9)44-77)68-29-23-49(5)39-62(68)63-40-50(6)24-30-69(63)74)54-15-11-17-56(42-54)73(70-41-53(31-32-75-70)71-51(7)13-10-14-52(71)8)66-27-21-47(3)37-60(66)61-38-48(4)22-28-67(61)73/h10-43H,1-9H3/q+2. The van der Waals surface area contributed by atoms with Gasteiger partial charge in [0.15, 0.2) is 7.05 Å². The normalized spacial score (nSPS) is 15.3. The maximum atomic E-state index is 5.53. The number of pyridine rings is 1. The molecule has 14 rings (SSSR count). The van der Waals surface area contributed by atoms with Crippen molar-refractivity contribution in [2.24, 2.45) is 0 Å². The van der Waals surface area contributed by atoms with Crippen molar-refractivity contribution in [2.75, 3.05) is 7.05 Å². The molecule has 77 heavy (non-hydrogen) atoms. The van der Waals surface area contributed by atoms with Gasteiger partial charge in [0.2, 0.25) is 12.4 Å². The molecule has 4 aliphatic rings. The Morgan fingerprint density at radius 1 is 0.364 bits per heavy atom. The largest absolute Gasteiger partial charge is 0.490 e. The Bertz CT molecular complexity index is 4150. The third kappa shape index (κ3) is 6.48. The average Bonchev–Trinajstić information content (AvgIpc) is 4.29. The molecular formula is C74H61N3+2. The summed E-state index contributed by atoms with van der Waals surface area (Å²) in [5.41, 5.74) is 31.2. The van der Waals surface area contributed by atoms with Gasteiger partial charge in [-0.25, -0.2) is 0 Å². The topological polar surface area (TPSA) is 18.9 Å². The fourth-order valence-corrected chi connectivity index (χ4v) is 14.5. The lowest BCUT2D eigenvalue weighted by atomic mass is 9.64. The van der Waals surface area contributed by atoms with E-state index in [2.05, 4.69) is 278 Å². The van der Waals surface area contributed by atoms with Crippen molar-refractivity contribution in [1.82, 2.24) is 4.98 Å². The SMILES string of the molecule is Cc1ccc2c(c1)-c1cc(C)ccc1C2(c1cccc(C2(c3cc(-c4c(C)cccc4C)ccn3)c3ccc(C)cc3-c3cc(C)ccc32)c1)c1cccc(C2([N+]3=C=[N+](C)C=C3)c3ccc(C)cc3-c3cc(C)ccc32)c1. The van der Waals surface area contributed by atoms with Crippen molar-refractivity contribution >= 4 is 6.01 Å². The first-order chi connectivity index (χ1) is 37.3. The van der Waals surface area contributed by atoms with E-state index in [1.807, 2.05) is 6.20 Å². The van der Waals surface area contributed by atoms with E-state index >= 15 is 0 Å². The van der Waals surface area contributed by atoms with E-state index in [-0.39, 0.29) is 0 Å². The van der Waals surface area contributed by atoms with E-state index in [9.17, 15) is 0 Å². The maximum absolute atomic E-state index is 5.53. The van der Waals surface area contributed by atoms with Crippen LogP contribution in [-0.4, -0.2) is 27.2 Å². The second kappa shape index (κ2) is 16.9. The minimum atomic E-state index is -0.764. The minimum Gasteiger partial charge on any atom is -0.260 e. The third-order valence-electron chi connectivity index (χ3n) is 17.7. The summed E-state index contributed by atoms with van der Waals surface area (Å²) in [6.07, 6.45) is 6.37. The van der Waals surface area contributed by atoms with E-state index in [4.69, 9.17) is 4.98 Å². The van der Waals surface area contributed by atoms with Crippen LogP contribution in [0.3, 0.4) is 0 Å². The number of rotatable bonds is 7.